The highest BCUT2D eigenvalue weighted by molar-refractivity contribution is 5.79. The molecule has 0 fully saturated rings. The van der Waals surface area contributed by atoms with Crippen molar-refractivity contribution in [1.82, 2.24) is 0 Å². The molecule has 0 saturated carbocycles. The number of nitro benzene ring substituents is 1. The number of hydrogen-bond donors (Lipinski definition) is 1. The van der Waals surface area contributed by atoms with Crippen LogP contribution >= 0.6 is 0 Å². The van der Waals surface area contributed by atoms with Gasteiger partial charge in [-0.1, -0.05) is 13.0 Å². The van der Waals surface area contributed by atoms with E-state index in [1.807, 2.05) is 6.92 Å². The quantitative estimate of drug-likeness (QED) is 0.475. The summed E-state index contributed by atoms with van der Waals surface area (Å²) in [5.74, 6) is -0.957. The van der Waals surface area contributed by atoms with Crippen molar-refractivity contribution < 1.29 is 19.6 Å². The molecule has 18 heavy (non-hydrogen) atoms. The van der Waals surface area contributed by atoms with Crippen molar-refractivity contribution >= 4 is 11.7 Å². The molecular formula is C12H13NO5. The molecule has 0 amide bonds. The Morgan fingerprint density at radius 2 is 2.28 bits per heavy atom. The van der Waals surface area contributed by atoms with E-state index in [1.54, 1.807) is 6.07 Å². The van der Waals surface area contributed by atoms with Crippen LogP contribution in [0.1, 0.15) is 12.5 Å². The molecule has 1 N–H and O–H groups in total. The lowest BCUT2D eigenvalue weighted by Crippen LogP contribution is -2.00. The summed E-state index contributed by atoms with van der Waals surface area (Å²) >= 11 is 0. The van der Waals surface area contributed by atoms with Crippen molar-refractivity contribution in [1.29, 1.82) is 0 Å². The number of nitro groups is 1. The summed E-state index contributed by atoms with van der Waals surface area (Å²) in [7, 11) is 0. The Balaban J connectivity index is 2.81. The molecule has 0 unspecified atom stereocenters. The number of ether oxygens (including phenoxy) is 1. The van der Waals surface area contributed by atoms with Gasteiger partial charge in [-0.05, 0) is 24.1 Å². The first-order chi connectivity index (χ1) is 8.54. The van der Waals surface area contributed by atoms with Gasteiger partial charge in [0, 0.05) is 12.1 Å². The number of aliphatic carboxylic acids is 1. The minimum atomic E-state index is -1.09. The highest BCUT2D eigenvalue weighted by Gasteiger charge is 2.15. The summed E-state index contributed by atoms with van der Waals surface area (Å²) in [4.78, 5) is 20.5. The van der Waals surface area contributed by atoms with Gasteiger partial charge < -0.3 is 9.84 Å². The van der Waals surface area contributed by atoms with Gasteiger partial charge >= 0.3 is 11.7 Å². The molecular weight excluding hydrogens is 238 g/mol. The maximum atomic E-state index is 10.8. The summed E-state index contributed by atoms with van der Waals surface area (Å²) in [6.07, 6.45) is 2.89. The normalized spacial score (nSPS) is 10.5. The smallest absolute Gasteiger partial charge is 0.328 e. The van der Waals surface area contributed by atoms with Crippen LogP contribution in [0.2, 0.25) is 0 Å². The van der Waals surface area contributed by atoms with Crippen LogP contribution in [0.3, 0.4) is 0 Å². The van der Waals surface area contributed by atoms with Gasteiger partial charge in [-0.15, -0.1) is 0 Å². The maximum Gasteiger partial charge on any atom is 0.328 e. The third-order valence-corrected chi connectivity index (χ3v) is 2.22. The second kappa shape index (κ2) is 6.39. The lowest BCUT2D eigenvalue weighted by molar-refractivity contribution is -0.385. The van der Waals surface area contributed by atoms with E-state index in [1.165, 1.54) is 18.2 Å². The number of benzene rings is 1. The monoisotopic (exact) mass is 251 g/mol. The molecule has 1 rings (SSSR count). The fraction of sp³-hybridized carbons (Fsp3) is 0.250. The summed E-state index contributed by atoms with van der Waals surface area (Å²) in [5, 5.41) is 19.2. The van der Waals surface area contributed by atoms with Crippen molar-refractivity contribution in [2.45, 2.75) is 13.3 Å². The molecule has 0 spiro atoms. The predicted molar refractivity (Wildman–Crippen MR) is 64.7 cm³/mol. The Morgan fingerprint density at radius 3 is 2.83 bits per heavy atom. The summed E-state index contributed by atoms with van der Waals surface area (Å²) in [6.45, 7) is 1.87. The Labute approximate surface area is 104 Å². The van der Waals surface area contributed by atoms with Gasteiger partial charge in [0.15, 0.2) is 5.75 Å². The van der Waals surface area contributed by atoms with Gasteiger partial charge in [0.2, 0.25) is 0 Å². The number of hydrogen-bond acceptors (Lipinski definition) is 4. The van der Waals surface area contributed by atoms with E-state index in [0.29, 0.717) is 6.42 Å². The topological polar surface area (TPSA) is 89.7 Å². The highest BCUT2D eigenvalue weighted by Crippen LogP contribution is 2.28. The van der Waals surface area contributed by atoms with Gasteiger partial charge in [-0.25, -0.2) is 4.79 Å². The van der Waals surface area contributed by atoms with Crippen molar-refractivity contribution in [3.8, 4) is 5.75 Å². The fourth-order valence-corrected chi connectivity index (χ4v) is 1.33. The van der Waals surface area contributed by atoms with Gasteiger partial charge in [-0.2, -0.15) is 0 Å². The molecule has 0 bridgehead atoms. The Hall–Kier alpha value is -2.37. The maximum absolute atomic E-state index is 10.8. The number of aryl methyl sites for hydroxylation is 1. The van der Waals surface area contributed by atoms with Crippen molar-refractivity contribution in [2.24, 2.45) is 0 Å². The van der Waals surface area contributed by atoms with Crippen LogP contribution in [0.25, 0.3) is 0 Å². The largest absolute Gasteiger partial charge is 0.483 e. The molecule has 0 aliphatic carbocycles. The minimum Gasteiger partial charge on any atom is -0.483 e. The molecule has 1 aromatic carbocycles. The predicted octanol–water partition coefficient (Wildman–Crippen LogP) is 2.18. The average molecular weight is 251 g/mol. The Kier molecular flexibility index (Phi) is 4.86. The zero-order chi connectivity index (χ0) is 13.5. The van der Waals surface area contributed by atoms with Crippen LogP contribution in [0.15, 0.2) is 30.4 Å². The van der Waals surface area contributed by atoms with E-state index in [9.17, 15) is 14.9 Å². The second-order valence-electron chi connectivity index (χ2n) is 3.46. The molecule has 0 aliphatic heterocycles. The summed E-state index contributed by atoms with van der Waals surface area (Å²) in [5.41, 5.74) is 0.730. The van der Waals surface area contributed by atoms with Gasteiger partial charge in [0.1, 0.15) is 6.61 Å². The van der Waals surface area contributed by atoms with Crippen LogP contribution in [0.4, 0.5) is 5.69 Å². The molecule has 0 atom stereocenters. The zero-order valence-corrected chi connectivity index (χ0v) is 9.83. The van der Waals surface area contributed by atoms with E-state index in [2.05, 4.69) is 0 Å². The van der Waals surface area contributed by atoms with E-state index in [4.69, 9.17) is 9.84 Å². The Morgan fingerprint density at radius 1 is 1.56 bits per heavy atom. The number of nitrogens with zero attached hydrogens (tertiary/aromatic N) is 1. The number of carboxylic acid groups (broad SMARTS) is 1. The molecule has 0 heterocycles. The molecule has 0 aromatic heterocycles. The fourth-order valence-electron chi connectivity index (χ4n) is 1.33. The SMILES string of the molecule is CCc1ccc(OCC=CC(=O)O)c([N+](=O)[O-])c1. The average Bonchev–Trinajstić information content (AvgIpc) is 2.34. The summed E-state index contributed by atoms with van der Waals surface area (Å²) < 4.78 is 5.16. The zero-order valence-electron chi connectivity index (χ0n) is 9.83. The first-order valence-corrected chi connectivity index (χ1v) is 5.34. The third kappa shape index (κ3) is 3.89. The van der Waals surface area contributed by atoms with Crippen LogP contribution in [0, 0.1) is 10.1 Å². The molecule has 6 nitrogen and oxygen atoms in total. The molecule has 0 aliphatic rings. The van der Waals surface area contributed by atoms with E-state index in [0.717, 1.165) is 11.6 Å². The Bertz CT molecular complexity index is 481. The van der Waals surface area contributed by atoms with Crippen LogP contribution < -0.4 is 4.74 Å². The molecule has 1 aromatic rings. The lowest BCUT2D eigenvalue weighted by atomic mass is 10.1. The molecule has 96 valence electrons. The first kappa shape index (κ1) is 13.7. The van der Waals surface area contributed by atoms with E-state index >= 15 is 0 Å². The van der Waals surface area contributed by atoms with Gasteiger partial charge in [0.05, 0.1) is 4.92 Å². The standard InChI is InChI=1S/C12H13NO5/c1-2-9-5-6-11(10(8-9)13(16)17)18-7-3-4-12(14)15/h3-6,8H,2,7H2,1H3,(H,14,15). The van der Waals surface area contributed by atoms with Gasteiger partial charge in [-0.3, -0.25) is 10.1 Å². The third-order valence-electron chi connectivity index (χ3n) is 2.22. The van der Waals surface area contributed by atoms with Crippen molar-refractivity contribution in [3.63, 3.8) is 0 Å². The number of carboxylic acids is 1. The van der Waals surface area contributed by atoms with Gasteiger partial charge in [0.25, 0.3) is 0 Å². The molecule has 0 saturated heterocycles. The van der Waals surface area contributed by atoms with Crippen LogP contribution in [-0.4, -0.2) is 22.6 Å². The number of carbonyl (C=O) groups is 1. The summed E-state index contributed by atoms with van der Waals surface area (Å²) in [6, 6.07) is 4.71. The lowest BCUT2D eigenvalue weighted by Gasteiger charge is -2.05. The minimum absolute atomic E-state index is 0.0292. The second-order valence-corrected chi connectivity index (χ2v) is 3.46. The number of rotatable bonds is 6. The van der Waals surface area contributed by atoms with E-state index in [-0.39, 0.29) is 18.0 Å². The molecule has 6 heteroatoms. The van der Waals surface area contributed by atoms with E-state index < -0.39 is 10.9 Å². The van der Waals surface area contributed by atoms with Crippen LogP contribution in [-0.2, 0) is 11.2 Å². The molecule has 0 radical (unpaired) electrons. The van der Waals surface area contributed by atoms with Crippen molar-refractivity contribution in [2.75, 3.05) is 6.61 Å². The first-order valence-electron chi connectivity index (χ1n) is 5.34. The highest BCUT2D eigenvalue weighted by atomic mass is 16.6. The van der Waals surface area contributed by atoms with Crippen LogP contribution in [0.5, 0.6) is 5.75 Å². The van der Waals surface area contributed by atoms with Crippen molar-refractivity contribution in [3.05, 3.63) is 46.0 Å².